The number of nitrogens with zero attached hydrogens (tertiary/aromatic N) is 1. The van der Waals surface area contributed by atoms with Gasteiger partial charge in [0.2, 0.25) is 0 Å². The maximum atomic E-state index is 15.5. The highest BCUT2D eigenvalue weighted by Gasteiger charge is 2.45. The van der Waals surface area contributed by atoms with Crippen LogP contribution < -0.4 is 0 Å². The van der Waals surface area contributed by atoms with E-state index in [2.05, 4.69) is 43.0 Å². The Kier molecular flexibility index (Phi) is 6.29. The molecule has 4 rings (SSSR count). The molecule has 0 N–H and O–H groups in total. The first-order chi connectivity index (χ1) is 14.5. The summed E-state index contributed by atoms with van der Waals surface area (Å²) < 4.78 is 31.0. The highest BCUT2D eigenvalue weighted by atomic mass is 19.1. The van der Waals surface area contributed by atoms with Gasteiger partial charge in [-0.25, -0.2) is 8.78 Å². The topological polar surface area (TPSA) is 3.24 Å². The molecule has 0 aliphatic heterocycles. The standard InChI is InChI=1S/C27H35F2N/c1-3-30(20-22-10-5-4-6-11-22)21(2)14-15-23-24(26(28)16-8-17-26)12-7-13-25(23)27(29)18-9-19-27/h4-7,10-13,21H,3,8-9,14-20H2,1-2H3. The van der Waals surface area contributed by atoms with Gasteiger partial charge in [0.05, 0.1) is 0 Å². The third kappa shape index (κ3) is 4.19. The Balaban J connectivity index is 1.54. The van der Waals surface area contributed by atoms with Crippen molar-refractivity contribution < 1.29 is 8.78 Å². The molecule has 162 valence electrons. The van der Waals surface area contributed by atoms with Gasteiger partial charge in [0.25, 0.3) is 0 Å². The first-order valence-electron chi connectivity index (χ1n) is 11.7. The molecular weight excluding hydrogens is 376 g/mol. The highest BCUT2D eigenvalue weighted by Crippen LogP contribution is 2.51. The average Bonchev–Trinajstić information content (AvgIpc) is 2.73. The summed E-state index contributed by atoms with van der Waals surface area (Å²) in [5.74, 6) is 0. The average molecular weight is 412 g/mol. The fourth-order valence-corrected chi connectivity index (χ4v) is 5.14. The van der Waals surface area contributed by atoms with E-state index >= 15 is 8.78 Å². The van der Waals surface area contributed by atoms with Crippen LogP contribution in [0.2, 0.25) is 0 Å². The Bertz CT molecular complexity index is 801. The lowest BCUT2D eigenvalue weighted by atomic mass is 9.69. The minimum absolute atomic E-state index is 0.352. The molecule has 2 aromatic rings. The van der Waals surface area contributed by atoms with Gasteiger partial charge in [-0.05, 0) is 87.1 Å². The van der Waals surface area contributed by atoms with Crippen LogP contribution >= 0.6 is 0 Å². The van der Waals surface area contributed by atoms with Crippen LogP contribution in [0.4, 0.5) is 8.78 Å². The van der Waals surface area contributed by atoms with Crippen molar-refractivity contribution in [1.82, 2.24) is 4.90 Å². The minimum atomic E-state index is -1.25. The van der Waals surface area contributed by atoms with Crippen molar-refractivity contribution in [3.63, 3.8) is 0 Å². The van der Waals surface area contributed by atoms with Gasteiger partial charge in [-0.3, -0.25) is 4.90 Å². The number of hydrogen-bond acceptors (Lipinski definition) is 1. The summed E-state index contributed by atoms with van der Waals surface area (Å²) in [5.41, 5.74) is 1.32. The number of halogens is 2. The molecule has 0 saturated heterocycles. The van der Waals surface area contributed by atoms with Gasteiger partial charge in [-0.15, -0.1) is 0 Å². The van der Waals surface area contributed by atoms with E-state index in [1.54, 1.807) is 0 Å². The van der Waals surface area contributed by atoms with Crippen molar-refractivity contribution in [2.45, 2.75) is 89.1 Å². The third-order valence-electron chi connectivity index (χ3n) is 7.50. The summed E-state index contributed by atoms with van der Waals surface area (Å²) >= 11 is 0. The molecule has 0 heterocycles. The molecule has 0 amide bonds. The van der Waals surface area contributed by atoms with Crippen molar-refractivity contribution in [1.29, 1.82) is 0 Å². The molecule has 0 spiro atoms. The summed E-state index contributed by atoms with van der Waals surface area (Å²) in [4.78, 5) is 2.46. The Morgan fingerprint density at radius 2 is 1.43 bits per heavy atom. The Labute approximate surface area is 180 Å². The van der Waals surface area contributed by atoms with E-state index in [-0.39, 0.29) is 0 Å². The quantitative estimate of drug-likeness (QED) is 0.421. The van der Waals surface area contributed by atoms with E-state index in [1.165, 1.54) is 5.56 Å². The summed E-state index contributed by atoms with van der Waals surface area (Å²) in [6, 6.07) is 16.6. The van der Waals surface area contributed by atoms with Crippen LogP contribution in [-0.4, -0.2) is 17.5 Å². The van der Waals surface area contributed by atoms with E-state index in [0.717, 1.165) is 55.5 Å². The van der Waals surface area contributed by atoms with Crippen LogP contribution in [0, 0.1) is 0 Å². The molecule has 2 aromatic carbocycles. The van der Waals surface area contributed by atoms with E-state index in [4.69, 9.17) is 0 Å². The lowest BCUT2D eigenvalue weighted by Crippen LogP contribution is -2.36. The normalized spacial score (nSPS) is 20.4. The third-order valence-corrected chi connectivity index (χ3v) is 7.50. The second kappa shape index (κ2) is 8.78. The number of benzene rings is 2. The molecule has 30 heavy (non-hydrogen) atoms. The molecule has 2 aliphatic rings. The molecule has 3 heteroatoms. The smallest absolute Gasteiger partial charge is 0.136 e. The first kappa shape index (κ1) is 21.5. The lowest BCUT2D eigenvalue weighted by Gasteiger charge is -2.40. The van der Waals surface area contributed by atoms with Crippen molar-refractivity contribution in [3.8, 4) is 0 Å². The molecule has 0 aromatic heterocycles. The van der Waals surface area contributed by atoms with Gasteiger partial charge in [0, 0.05) is 12.6 Å². The van der Waals surface area contributed by atoms with Crippen LogP contribution in [0.25, 0.3) is 0 Å². The van der Waals surface area contributed by atoms with Crippen molar-refractivity contribution in [2.24, 2.45) is 0 Å². The summed E-state index contributed by atoms with van der Waals surface area (Å²) in [6.07, 6.45) is 5.82. The Morgan fingerprint density at radius 1 is 0.867 bits per heavy atom. The molecule has 1 atom stereocenters. The maximum absolute atomic E-state index is 15.5. The predicted molar refractivity (Wildman–Crippen MR) is 120 cm³/mol. The highest BCUT2D eigenvalue weighted by molar-refractivity contribution is 5.44. The number of alkyl halides is 2. The zero-order valence-electron chi connectivity index (χ0n) is 18.5. The molecular formula is C27H35F2N. The van der Waals surface area contributed by atoms with Crippen molar-refractivity contribution >= 4 is 0 Å². The van der Waals surface area contributed by atoms with Crippen LogP contribution in [0.1, 0.15) is 81.0 Å². The van der Waals surface area contributed by atoms with Crippen molar-refractivity contribution in [3.05, 3.63) is 70.8 Å². The number of rotatable bonds is 9. The molecule has 1 unspecified atom stereocenters. The molecule has 2 aliphatic carbocycles. The SMILES string of the molecule is CCN(Cc1ccccc1)C(C)CCc1c(C2(F)CCC2)cccc1C1(F)CCC1. The molecule has 0 radical (unpaired) electrons. The largest absolute Gasteiger partial charge is 0.297 e. The second-order valence-corrected chi connectivity index (χ2v) is 9.41. The van der Waals surface area contributed by atoms with E-state index in [9.17, 15) is 0 Å². The van der Waals surface area contributed by atoms with Gasteiger partial charge in [0.15, 0.2) is 0 Å². The zero-order chi connectivity index (χ0) is 21.2. The fourth-order valence-electron chi connectivity index (χ4n) is 5.14. The molecule has 2 fully saturated rings. The van der Waals surface area contributed by atoms with Gasteiger partial charge >= 0.3 is 0 Å². The van der Waals surface area contributed by atoms with Crippen LogP contribution in [-0.2, 0) is 24.3 Å². The fraction of sp³-hybridized carbons (Fsp3) is 0.556. The predicted octanol–water partition coefficient (Wildman–Crippen LogP) is 7.23. The summed E-state index contributed by atoms with van der Waals surface area (Å²) in [7, 11) is 0. The Morgan fingerprint density at radius 3 is 1.90 bits per heavy atom. The summed E-state index contributed by atoms with van der Waals surface area (Å²) in [6.45, 7) is 6.31. The van der Waals surface area contributed by atoms with Gasteiger partial charge in [-0.1, -0.05) is 55.5 Å². The molecule has 0 bridgehead atoms. The number of hydrogen-bond donors (Lipinski definition) is 0. The summed E-state index contributed by atoms with van der Waals surface area (Å²) in [5, 5.41) is 0. The van der Waals surface area contributed by atoms with Crippen molar-refractivity contribution in [2.75, 3.05) is 6.54 Å². The van der Waals surface area contributed by atoms with E-state index in [1.807, 2.05) is 24.3 Å². The van der Waals surface area contributed by atoms with Crippen LogP contribution in [0.5, 0.6) is 0 Å². The van der Waals surface area contributed by atoms with Gasteiger partial charge in [0.1, 0.15) is 11.3 Å². The molecule has 1 nitrogen and oxygen atoms in total. The molecule has 2 saturated carbocycles. The Hall–Kier alpha value is -1.74. The van der Waals surface area contributed by atoms with Gasteiger partial charge < -0.3 is 0 Å². The monoisotopic (exact) mass is 411 g/mol. The van der Waals surface area contributed by atoms with E-state index < -0.39 is 11.3 Å². The second-order valence-electron chi connectivity index (χ2n) is 9.41. The van der Waals surface area contributed by atoms with Gasteiger partial charge in [-0.2, -0.15) is 0 Å². The first-order valence-corrected chi connectivity index (χ1v) is 11.7. The van der Waals surface area contributed by atoms with Crippen LogP contribution in [0.15, 0.2) is 48.5 Å². The minimum Gasteiger partial charge on any atom is -0.297 e. The zero-order valence-corrected chi connectivity index (χ0v) is 18.5. The van der Waals surface area contributed by atoms with E-state index in [0.29, 0.717) is 31.7 Å². The van der Waals surface area contributed by atoms with Crippen LogP contribution in [0.3, 0.4) is 0 Å². The lowest BCUT2D eigenvalue weighted by molar-refractivity contribution is 0.0512. The maximum Gasteiger partial charge on any atom is 0.136 e.